The lowest BCUT2D eigenvalue weighted by atomic mass is 9.97. The van der Waals surface area contributed by atoms with Crippen molar-refractivity contribution < 1.29 is 42.9 Å². The summed E-state index contributed by atoms with van der Waals surface area (Å²) in [5.74, 6) is -2.63. The molecule has 44 heavy (non-hydrogen) atoms. The van der Waals surface area contributed by atoms with E-state index in [0.717, 1.165) is 31.9 Å². The molecule has 0 unspecified atom stereocenters. The Morgan fingerprint density at radius 2 is 1.57 bits per heavy atom. The van der Waals surface area contributed by atoms with Crippen LogP contribution in [0.4, 0.5) is 0 Å². The van der Waals surface area contributed by atoms with Crippen LogP contribution in [0.15, 0.2) is 53.9 Å². The zero-order valence-corrected chi connectivity index (χ0v) is 25.4. The Balaban J connectivity index is 1.89. The van der Waals surface area contributed by atoms with Crippen molar-refractivity contribution in [1.82, 2.24) is 19.4 Å². The third-order valence-corrected chi connectivity index (χ3v) is 6.67. The molecule has 3 aromatic rings. The summed E-state index contributed by atoms with van der Waals surface area (Å²) in [7, 11) is 0. The first-order valence-corrected chi connectivity index (χ1v) is 13.9. The Morgan fingerprint density at radius 1 is 0.932 bits per heavy atom. The Bertz CT molecular complexity index is 1600. The highest BCUT2D eigenvalue weighted by Gasteiger charge is 2.53. The van der Waals surface area contributed by atoms with E-state index in [1.165, 1.54) is 16.3 Å². The second-order valence-electron chi connectivity index (χ2n) is 9.85. The van der Waals surface area contributed by atoms with Crippen LogP contribution in [-0.4, -0.2) is 80.6 Å². The standard InChI is InChI=1S/C29H31N5O9S/c1-16-8-10-21(11-9-16)13-31-33-27(22-7-6-12-30-14-22)32-34(29(33)44)28-26(42-20(5)38)25(41-19(4)37)24(40-18(3)36)23(43-28)15-39-17(2)35/h6-14,23-26,28H,15H2,1-5H3/b31-13+/t23-,24-,25+,26-,28-/m1/s1. The number of nitrogens with zero attached hydrogens (tertiary/aromatic N) is 5. The summed E-state index contributed by atoms with van der Waals surface area (Å²) in [5, 5.41) is 9.24. The van der Waals surface area contributed by atoms with Crippen LogP contribution in [0.5, 0.6) is 0 Å². The Labute approximate surface area is 257 Å². The van der Waals surface area contributed by atoms with Crippen molar-refractivity contribution in [2.24, 2.45) is 5.10 Å². The van der Waals surface area contributed by atoms with E-state index in [4.69, 9.17) is 35.9 Å². The van der Waals surface area contributed by atoms with Gasteiger partial charge in [-0.3, -0.25) is 24.2 Å². The molecule has 1 aromatic carbocycles. The fourth-order valence-corrected chi connectivity index (χ4v) is 4.78. The quantitative estimate of drug-likeness (QED) is 0.148. The van der Waals surface area contributed by atoms with Crippen LogP contribution in [0.25, 0.3) is 11.4 Å². The third kappa shape index (κ3) is 7.79. The van der Waals surface area contributed by atoms with Gasteiger partial charge in [0.1, 0.15) is 12.7 Å². The Morgan fingerprint density at radius 3 is 2.16 bits per heavy atom. The topological polar surface area (TPSA) is 162 Å². The van der Waals surface area contributed by atoms with E-state index in [9.17, 15) is 19.2 Å². The smallest absolute Gasteiger partial charge is 0.303 e. The van der Waals surface area contributed by atoms with Gasteiger partial charge in [0.15, 0.2) is 30.4 Å². The molecular weight excluding hydrogens is 594 g/mol. The molecule has 0 amide bonds. The molecule has 0 spiro atoms. The fourth-order valence-electron chi connectivity index (χ4n) is 4.50. The summed E-state index contributed by atoms with van der Waals surface area (Å²) in [6.07, 6.45) is -1.93. The highest BCUT2D eigenvalue weighted by atomic mass is 32.1. The van der Waals surface area contributed by atoms with Crippen molar-refractivity contribution in [3.63, 3.8) is 0 Å². The maximum Gasteiger partial charge on any atom is 0.303 e. The average Bonchev–Trinajstić information content (AvgIpc) is 3.29. The molecule has 0 bridgehead atoms. The largest absolute Gasteiger partial charge is 0.463 e. The molecule has 14 nitrogen and oxygen atoms in total. The van der Waals surface area contributed by atoms with E-state index in [2.05, 4.69) is 15.2 Å². The van der Waals surface area contributed by atoms with Gasteiger partial charge in [0, 0.05) is 45.7 Å². The van der Waals surface area contributed by atoms with Crippen molar-refractivity contribution in [2.75, 3.05) is 6.61 Å². The molecule has 232 valence electrons. The second-order valence-corrected chi connectivity index (χ2v) is 10.2. The molecule has 0 aliphatic carbocycles. The Kier molecular flexibility index (Phi) is 10.3. The highest BCUT2D eigenvalue weighted by molar-refractivity contribution is 7.71. The van der Waals surface area contributed by atoms with Gasteiger partial charge in [-0.25, -0.2) is 4.68 Å². The van der Waals surface area contributed by atoms with Crippen molar-refractivity contribution in [3.8, 4) is 11.4 Å². The minimum absolute atomic E-state index is 0.00751. The molecule has 0 saturated carbocycles. The number of hydrogen-bond acceptors (Lipinski definition) is 13. The SMILES string of the molecule is CC(=O)OC[C@H]1O[C@@H](n2nc(-c3cccnc3)n(/N=C/c3ccc(C)cc3)c2=S)[C@H](OC(C)=O)[C@@H](OC(C)=O)[C@@H]1OC(C)=O. The van der Waals surface area contributed by atoms with Crippen LogP contribution in [0.2, 0.25) is 0 Å². The monoisotopic (exact) mass is 625 g/mol. The van der Waals surface area contributed by atoms with Gasteiger partial charge in [-0.05, 0) is 36.8 Å². The molecule has 15 heteroatoms. The molecule has 0 N–H and O–H groups in total. The number of carbonyl (C=O) groups excluding carboxylic acids is 4. The first-order chi connectivity index (χ1) is 20.9. The fraction of sp³-hybridized carbons (Fsp3) is 0.379. The zero-order chi connectivity index (χ0) is 32.0. The first-order valence-electron chi connectivity index (χ1n) is 13.5. The average molecular weight is 626 g/mol. The van der Waals surface area contributed by atoms with Crippen LogP contribution in [0.1, 0.15) is 45.0 Å². The molecule has 1 saturated heterocycles. The highest BCUT2D eigenvalue weighted by Crippen LogP contribution is 2.35. The predicted molar refractivity (Wildman–Crippen MR) is 156 cm³/mol. The normalized spacial score (nSPS) is 21.4. The molecule has 1 aliphatic heterocycles. The van der Waals surface area contributed by atoms with Gasteiger partial charge >= 0.3 is 23.9 Å². The van der Waals surface area contributed by atoms with Crippen molar-refractivity contribution in [1.29, 1.82) is 0 Å². The summed E-state index contributed by atoms with van der Waals surface area (Å²) >= 11 is 5.80. The number of carbonyl (C=O) groups is 4. The second kappa shape index (κ2) is 14.1. The lowest BCUT2D eigenvalue weighted by molar-refractivity contribution is -0.270. The molecule has 3 heterocycles. The molecule has 1 fully saturated rings. The van der Waals surface area contributed by atoms with Gasteiger partial charge in [0.2, 0.25) is 4.77 Å². The van der Waals surface area contributed by atoms with Crippen molar-refractivity contribution >= 4 is 42.3 Å². The number of pyridine rings is 1. The molecular formula is C29H31N5O9S. The summed E-state index contributed by atoms with van der Waals surface area (Å²) in [6.45, 7) is 6.19. The lowest BCUT2D eigenvalue weighted by Crippen LogP contribution is -2.60. The number of aryl methyl sites for hydroxylation is 1. The summed E-state index contributed by atoms with van der Waals surface area (Å²) in [6, 6.07) is 11.1. The van der Waals surface area contributed by atoms with E-state index < -0.39 is 61.1 Å². The van der Waals surface area contributed by atoms with Gasteiger partial charge in [-0.15, -0.1) is 5.10 Å². The maximum absolute atomic E-state index is 12.3. The number of hydrogen-bond donors (Lipinski definition) is 0. The molecule has 5 atom stereocenters. The van der Waals surface area contributed by atoms with E-state index >= 15 is 0 Å². The van der Waals surface area contributed by atoms with Gasteiger partial charge < -0.3 is 23.7 Å². The van der Waals surface area contributed by atoms with Crippen LogP contribution in [-0.2, 0) is 42.9 Å². The van der Waals surface area contributed by atoms with Crippen molar-refractivity contribution in [2.45, 2.75) is 65.3 Å². The first kappa shape index (κ1) is 32.2. The molecule has 4 rings (SSSR count). The van der Waals surface area contributed by atoms with Crippen LogP contribution >= 0.6 is 12.2 Å². The van der Waals surface area contributed by atoms with Gasteiger partial charge in [0.25, 0.3) is 0 Å². The van der Waals surface area contributed by atoms with Crippen molar-refractivity contribution in [3.05, 3.63) is 64.7 Å². The predicted octanol–water partition coefficient (Wildman–Crippen LogP) is 2.92. The minimum Gasteiger partial charge on any atom is -0.463 e. The molecule has 1 aliphatic rings. The number of ether oxygens (including phenoxy) is 5. The summed E-state index contributed by atoms with van der Waals surface area (Å²) < 4.78 is 30.6. The minimum atomic E-state index is -1.41. The van der Waals surface area contributed by atoms with E-state index in [0.29, 0.717) is 5.56 Å². The Hall–Kier alpha value is -4.76. The van der Waals surface area contributed by atoms with Gasteiger partial charge in [-0.1, -0.05) is 29.8 Å². The third-order valence-electron chi connectivity index (χ3n) is 6.31. The number of esters is 4. The maximum atomic E-state index is 12.3. The van der Waals surface area contributed by atoms with E-state index in [1.54, 1.807) is 30.7 Å². The van der Waals surface area contributed by atoms with Crippen LogP contribution < -0.4 is 0 Å². The number of aromatic nitrogens is 4. The molecule has 0 radical (unpaired) electrons. The molecule has 2 aromatic heterocycles. The van der Waals surface area contributed by atoms with E-state index in [-0.39, 0.29) is 10.6 Å². The lowest BCUT2D eigenvalue weighted by Gasteiger charge is -2.44. The summed E-state index contributed by atoms with van der Waals surface area (Å²) in [5.41, 5.74) is 2.41. The van der Waals surface area contributed by atoms with Gasteiger partial charge in [0.05, 0.1) is 6.21 Å². The zero-order valence-electron chi connectivity index (χ0n) is 24.6. The van der Waals surface area contributed by atoms with Crippen LogP contribution in [0.3, 0.4) is 0 Å². The van der Waals surface area contributed by atoms with Crippen LogP contribution in [0, 0.1) is 11.7 Å². The summed E-state index contributed by atoms with van der Waals surface area (Å²) in [4.78, 5) is 52.5. The van der Waals surface area contributed by atoms with E-state index in [1.807, 2.05) is 31.2 Å². The van der Waals surface area contributed by atoms with Gasteiger partial charge in [-0.2, -0.15) is 9.78 Å². The number of benzene rings is 1. The number of rotatable bonds is 9.